The first-order valence-corrected chi connectivity index (χ1v) is 12.5. The van der Waals surface area contributed by atoms with Gasteiger partial charge in [0.15, 0.2) is 0 Å². The highest BCUT2D eigenvalue weighted by molar-refractivity contribution is 7.10. The first-order chi connectivity index (χ1) is 16.6. The molecule has 178 valence electrons. The van der Waals surface area contributed by atoms with Gasteiger partial charge in [0.25, 0.3) is 5.91 Å². The van der Waals surface area contributed by atoms with Crippen LogP contribution in [0.15, 0.2) is 66.0 Å². The molecule has 2 heterocycles. The Morgan fingerprint density at radius 3 is 2.65 bits per heavy atom. The smallest absolute Gasteiger partial charge is 0.254 e. The van der Waals surface area contributed by atoms with Crippen molar-refractivity contribution in [3.63, 3.8) is 0 Å². The van der Waals surface area contributed by atoms with Crippen molar-refractivity contribution in [2.75, 3.05) is 33.4 Å². The summed E-state index contributed by atoms with van der Waals surface area (Å²) in [5.74, 6) is 1.24. The van der Waals surface area contributed by atoms with E-state index in [1.54, 1.807) is 35.5 Å². The number of thiophene rings is 1. The van der Waals surface area contributed by atoms with E-state index in [1.807, 2.05) is 54.3 Å². The molecule has 34 heavy (non-hydrogen) atoms. The highest BCUT2D eigenvalue weighted by atomic mass is 32.1. The quantitative estimate of drug-likeness (QED) is 0.443. The van der Waals surface area contributed by atoms with E-state index in [1.165, 1.54) is 4.88 Å². The van der Waals surface area contributed by atoms with Crippen LogP contribution in [0.2, 0.25) is 0 Å². The molecule has 0 aliphatic carbocycles. The third kappa shape index (κ3) is 5.42. The molecular weight excluding hydrogens is 448 g/mol. The van der Waals surface area contributed by atoms with E-state index in [2.05, 4.69) is 11.4 Å². The first-order valence-electron chi connectivity index (χ1n) is 11.6. The fraction of sp³-hybridized carbons (Fsp3) is 0.333. The van der Waals surface area contributed by atoms with Gasteiger partial charge >= 0.3 is 0 Å². The van der Waals surface area contributed by atoms with E-state index in [9.17, 15) is 9.59 Å². The number of rotatable bonds is 9. The highest BCUT2D eigenvalue weighted by Gasteiger charge is 2.33. The summed E-state index contributed by atoms with van der Waals surface area (Å²) in [5, 5.41) is 2.07. The maximum Gasteiger partial charge on any atom is 0.254 e. The van der Waals surface area contributed by atoms with Crippen molar-refractivity contribution in [2.24, 2.45) is 0 Å². The molecule has 1 aliphatic rings. The molecule has 7 heteroatoms. The summed E-state index contributed by atoms with van der Waals surface area (Å²) in [6.07, 6.45) is 1.59. The molecule has 0 saturated heterocycles. The fourth-order valence-corrected chi connectivity index (χ4v) is 5.21. The van der Waals surface area contributed by atoms with Crippen molar-refractivity contribution in [2.45, 2.75) is 25.8 Å². The minimum atomic E-state index is -0.205. The second-order valence-electron chi connectivity index (χ2n) is 8.23. The average Bonchev–Trinajstić information content (AvgIpc) is 3.36. The minimum absolute atomic E-state index is 0.0523. The lowest BCUT2D eigenvalue weighted by molar-refractivity contribution is -0.135. The number of fused-ring (bicyclic) bond motifs is 1. The van der Waals surface area contributed by atoms with E-state index in [-0.39, 0.29) is 24.4 Å². The Balaban J connectivity index is 1.51. The lowest BCUT2D eigenvalue weighted by Crippen LogP contribution is -2.48. The van der Waals surface area contributed by atoms with Gasteiger partial charge in [0.1, 0.15) is 24.7 Å². The van der Waals surface area contributed by atoms with E-state index >= 15 is 0 Å². The molecule has 0 bridgehead atoms. The van der Waals surface area contributed by atoms with Crippen LogP contribution in [-0.4, -0.2) is 55.0 Å². The number of carbonyl (C=O) groups is 2. The first kappa shape index (κ1) is 23.8. The number of hydrogen-bond donors (Lipinski definition) is 0. The fourth-order valence-electron chi connectivity index (χ4n) is 4.28. The lowest BCUT2D eigenvalue weighted by atomic mass is 10.0. The van der Waals surface area contributed by atoms with Crippen molar-refractivity contribution < 1.29 is 19.1 Å². The lowest BCUT2D eigenvalue weighted by Gasteiger charge is -2.37. The van der Waals surface area contributed by atoms with Crippen LogP contribution in [0.3, 0.4) is 0 Å². The zero-order valence-electron chi connectivity index (χ0n) is 19.6. The Hall–Kier alpha value is -3.32. The zero-order valence-corrected chi connectivity index (χ0v) is 20.4. The van der Waals surface area contributed by atoms with Crippen LogP contribution in [0.4, 0.5) is 0 Å². The summed E-state index contributed by atoms with van der Waals surface area (Å²) in [6, 6.07) is 18.5. The molecule has 2 aromatic carbocycles. The predicted molar refractivity (Wildman–Crippen MR) is 134 cm³/mol. The summed E-state index contributed by atoms with van der Waals surface area (Å²) in [4.78, 5) is 31.4. The second-order valence-corrected chi connectivity index (χ2v) is 9.24. The maximum absolute atomic E-state index is 13.5. The molecule has 6 nitrogen and oxygen atoms in total. The van der Waals surface area contributed by atoms with Gasteiger partial charge in [-0.25, -0.2) is 0 Å². The van der Waals surface area contributed by atoms with Crippen molar-refractivity contribution in [3.05, 3.63) is 82.0 Å². The van der Waals surface area contributed by atoms with Gasteiger partial charge in [-0.2, -0.15) is 0 Å². The molecule has 1 atom stereocenters. The van der Waals surface area contributed by atoms with Gasteiger partial charge in [-0.05, 0) is 54.1 Å². The summed E-state index contributed by atoms with van der Waals surface area (Å²) in [5.41, 5.74) is 1.73. The van der Waals surface area contributed by atoms with Gasteiger partial charge in [0.2, 0.25) is 5.91 Å². The maximum atomic E-state index is 13.5. The molecule has 0 saturated carbocycles. The Labute approximate surface area is 204 Å². The number of methoxy groups -OCH3 is 1. The van der Waals surface area contributed by atoms with Crippen molar-refractivity contribution >= 4 is 23.2 Å². The molecule has 4 rings (SSSR count). The van der Waals surface area contributed by atoms with Gasteiger partial charge in [-0.15, -0.1) is 11.3 Å². The average molecular weight is 479 g/mol. The Bertz CT molecular complexity index is 1110. The van der Waals surface area contributed by atoms with Crippen LogP contribution in [0.25, 0.3) is 0 Å². The van der Waals surface area contributed by atoms with Crippen LogP contribution in [0.5, 0.6) is 11.5 Å². The van der Waals surface area contributed by atoms with Gasteiger partial charge < -0.3 is 19.3 Å². The highest BCUT2D eigenvalue weighted by Crippen LogP contribution is 2.34. The van der Waals surface area contributed by atoms with Crippen LogP contribution in [-0.2, 0) is 11.2 Å². The molecule has 0 N–H and O–H groups in total. The predicted octanol–water partition coefficient (Wildman–Crippen LogP) is 4.81. The van der Waals surface area contributed by atoms with E-state index in [0.717, 1.165) is 24.2 Å². The molecule has 2 amide bonds. The van der Waals surface area contributed by atoms with Gasteiger partial charge in [0.05, 0.1) is 13.2 Å². The summed E-state index contributed by atoms with van der Waals surface area (Å²) >= 11 is 1.72. The second kappa shape index (κ2) is 11.2. The van der Waals surface area contributed by atoms with Crippen LogP contribution >= 0.6 is 11.3 Å². The Kier molecular flexibility index (Phi) is 7.85. The third-order valence-electron chi connectivity index (χ3n) is 5.99. The van der Waals surface area contributed by atoms with Gasteiger partial charge in [-0.1, -0.05) is 31.2 Å². The van der Waals surface area contributed by atoms with Crippen molar-refractivity contribution in [3.8, 4) is 11.5 Å². The molecule has 0 fully saturated rings. The number of ether oxygens (including phenoxy) is 2. The number of benzene rings is 2. The number of carbonyl (C=O) groups excluding carboxylic acids is 2. The summed E-state index contributed by atoms with van der Waals surface area (Å²) < 4.78 is 11.4. The van der Waals surface area contributed by atoms with Crippen LogP contribution in [0, 0.1) is 0 Å². The zero-order chi connectivity index (χ0) is 23.9. The normalized spacial score (nSPS) is 14.9. The van der Waals surface area contributed by atoms with Crippen molar-refractivity contribution in [1.29, 1.82) is 0 Å². The van der Waals surface area contributed by atoms with Gasteiger partial charge in [0, 0.05) is 29.6 Å². The molecule has 0 radical (unpaired) electrons. The topological polar surface area (TPSA) is 59.1 Å². The Morgan fingerprint density at radius 2 is 1.88 bits per heavy atom. The number of nitrogens with zero attached hydrogens (tertiary/aromatic N) is 2. The molecular formula is C27H30N2O4S. The van der Waals surface area contributed by atoms with E-state index < -0.39 is 0 Å². The third-order valence-corrected chi connectivity index (χ3v) is 6.99. The summed E-state index contributed by atoms with van der Waals surface area (Å²) in [7, 11) is 1.62. The minimum Gasteiger partial charge on any atom is -0.497 e. The number of hydrogen-bond acceptors (Lipinski definition) is 5. The number of amides is 2. The van der Waals surface area contributed by atoms with Crippen molar-refractivity contribution in [1.82, 2.24) is 9.80 Å². The monoisotopic (exact) mass is 478 g/mol. The largest absolute Gasteiger partial charge is 0.497 e. The molecule has 1 aliphatic heterocycles. The molecule has 1 aromatic heterocycles. The molecule has 0 spiro atoms. The molecule has 3 aromatic rings. The Morgan fingerprint density at radius 1 is 1.09 bits per heavy atom. The van der Waals surface area contributed by atoms with E-state index in [4.69, 9.17) is 9.47 Å². The summed E-state index contributed by atoms with van der Waals surface area (Å²) in [6.45, 7) is 3.54. The van der Waals surface area contributed by atoms with Crippen LogP contribution in [0.1, 0.15) is 40.2 Å². The molecule has 0 unspecified atom stereocenters. The van der Waals surface area contributed by atoms with E-state index in [0.29, 0.717) is 31.0 Å². The van der Waals surface area contributed by atoms with Crippen LogP contribution < -0.4 is 9.47 Å². The standard InChI is InChI=1S/C27H30N2O4S/c1-3-14-28(27(31)20-8-5-4-6-9-20)18-26(30)29-15-12-25-23(13-16-34-25)24(29)19-33-22-11-7-10-21(17-22)32-2/h4-11,13,16-17,24H,3,12,14-15,18-19H2,1-2H3/t24-/m1/s1. The van der Waals surface area contributed by atoms with Gasteiger partial charge in [-0.3, -0.25) is 9.59 Å². The SMILES string of the molecule is CCCN(CC(=O)N1CCc2sccc2[C@H]1COc1cccc(OC)c1)C(=O)c1ccccc1.